The van der Waals surface area contributed by atoms with Crippen molar-refractivity contribution in [1.29, 1.82) is 0 Å². The van der Waals surface area contributed by atoms with Crippen LogP contribution >= 0.6 is 34.5 Å². The first-order valence-corrected chi connectivity index (χ1v) is 12.0. The van der Waals surface area contributed by atoms with Gasteiger partial charge in [0.1, 0.15) is 11.5 Å². The molecule has 0 saturated carbocycles. The average Bonchev–Trinajstić information content (AvgIpc) is 3.08. The summed E-state index contributed by atoms with van der Waals surface area (Å²) in [6.07, 6.45) is 1.26. The van der Waals surface area contributed by atoms with E-state index in [-0.39, 0.29) is 5.91 Å². The van der Waals surface area contributed by atoms with E-state index in [1.54, 1.807) is 0 Å². The first-order valence-electron chi connectivity index (χ1n) is 8.90. The maximum Gasteiger partial charge on any atom is 0.225 e. The molecule has 0 atom stereocenters. The third kappa shape index (κ3) is 6.11. The molecule has 1 aromatic carbocycles. The number of rotatable bonds is 7. The van der Waals surface area contributed by atoms with Crippen LogP contribution in [0.4, 0.5) is 0 Å². The van der Waals surface area contributed by atoms with Crippen LogP contribution in [-0.2, 0) is 22.4 Å². The van der Waals surface area contributed by atoms with Crippen molar-refractivity contribution < 1.29 is 9.35 Å². The summed E-state index contributed by atoms with van der Waals surface area (Å²) in [5.41, 5.74) is 0.819. The Bertz CT molecular complexity index is 757. The van der Waals surface area contributed by atoms with Crippen LogP contribution in [0.5, 0.6) is 0 Å². The highest BCUT2D eigenvalue weighted by atomic mass is 35.5. The Morgan fingerprint density at radius 3 is 2.59 bits per heavy atom. The van der Waals surface area contributed by atoms with Crippen LogP contribution in [0.3, 0.4) is 0 Å². The Hall–Kier alpha value is -0.760. The third-order valence-electron chi connectivity index (χ3n) is 4.45. The molecule has 146 valence electrons. The lowest BCUT2D eigenvalue weighted by Gasteiger charge is -2.27. The summed E-state index contributed by atoms with van der Waals surface area (Å²) in [6, 6.07) is 9.36. The van der Waals surface area contributed by atoms with E-state index in [4.69, 9.17) is 23.2 Å². The quantitative estimate of drug-likeness (QED) is 0.521. The van der Waals surface area contributed by atoms with Gasteiger partial charge in [0.05, 0.1) is 16.5 Å². The molecule has 2 heterocycles. The first kappa shape index (κ1) is 21.0. The minimum Gasteiger partial charge on any atom is -0.616 e. The van der Waals surface area contributed by atoms with Crippen molar-refractivity contribution in [2.45, 2.75) is 12.8 Å². The summed E-state index contributed by atoms with van der Waals surface area (Å²) < 4.78 is 11.3. The van der Waals surface area contributed by atoms with E-state index < -0.39 is 11.2 Å². The van der Waals surface area contributed by atoms with Gasteiger partial charge < -0.3 is 9.87 Å². The van der Waals surface area contributed by atoms with Crippen molar-refractivity contribution in [2.24, 2.45) is 0 Å². The zero-order valence-electron chi connectivity index (χ0n) is 14.9. The number of benzene rings is 1. The van der Waals surface area contributed by atoms with E-state index >= 15 is 0 Å². The number of nitrogens with zero attached hydrogens (tertiary/aromatic N) is 1. The molecular formula is C19H22Cl2N2O2S2. The second-order valence-electron chi connectivity index (χ2n) is 6.43. The van der Waals surface area contributed by atoms with Crippen molar-refractivity contribution in [2.75, 3.05) is 37.7 Å². The van der Waals surface area contributed by atoms with Gasteiger partial charge in [-0.1, -0.05) is 40.4 Å². The van der Waals surface area contributed by atoms with Crippen LogP contribution in [0, 0.1) is 0 Å². The van der Waals surface area contributed by atoms with Crippen molar-refractivity contribution in [3.8, 4) is 10.4 Å². The lowest BCUT2D eigenvalue weighted by Crippen LogP contribution is -2.41. The normalized spacial score (nSPS) is 15.8. The third-order valence-corrected chi connectivity index (χ3v) is 7.46. The standard InChI is InChI=1S/C19H22Cl2N2O2S2/c20-15-3-1-4-16(21)19(15)17-6-5-14(26-17)13-18(24)22-7-2-8-23-9-11-27(25)12-10-23/h1,3-6H,2,7-13H2,(H,22,24). The zero-order valence-corrected chi connectivity index (χ0v) is 18.0. The molecule has 0 spiro atoms. The Morgan fingerprint density at radius 2 is 1.89 bits per heavy atom. The molecule has 1 aliphatic rings. The summed E-state index contributed by atoms with van der Waals surface area (Å²) in [4.78, 5) is 16.4. The molecule has 1 aromatic heterocycles. The van der Waals surface area contributed by atoms with Gasteiger partial charge in [-0.3, -0.25) is 9.69 Å². The fraction of sp³-hybridized carbons (Fsp3) is 0.421. The van der Waals surface area contributed by atoms with Crippen LogP contribution in [0.1, 0.15) is 11.3 Å². The fourth-order valence-corrected chi connectivity index (χ4v) is 5.91. The second kappa shape index (κ2) is 10.1. The lowest BCUT2D eigenvalue weighted by atomic mass is 10.2. The van der Waals surface area contributed by atoms with E-state index in [0.717, 1.165) is 52.9 Å². The molecule has 4 nitrogen and oxygen atoms in total. The lowest BCUT2D eigenvalue weighted by molar-refractivity contribution is -0.120. The number of amides is 1. The van der Waals surface area contributed by atoms with E-state index in [0.29, 0.717) is 23.0 Å². The van der Waals surface area contributed by atoms with E-state index in [9.17, 15) is 9.35 Å². The largest absolute Gasteiger partial charge is 0.616 e. The molecule has 0 bridgehead atoms. The molecule has 1 saturated heterocycles. The Morgan fingerprint density at radius 1 is 1.19 bits per heavy atom. The van der Waals surface area contributed by atoms with Gasteiger partial charge in [-0.15, -0.1) is 11.3 Å². The van der Waals surface area contributed by atoms with E-state index in [1.807, 2.05) is 30.3 Å². The average molecular weight is 445 g/mol. The van der Waals surface area contributed by atoms with Crippen LogP contribution in [0.25, 0.3) is 10.4 Å². The Labute approximate surface area is 177 Å². The monoisotopic (exact) mass is 444 g/mol. The van der Waals surface area contributed by atoms with Crippen molar-refractivity contribution in [1.82, 2.24) is 10.2 Å². The molecule has 0 radical (unpaired) electrons. The first-order chi connectivity index (χ1) is 13.0. The van der Waals surface area contributed by atoms with Crippen LogP contribution in [0.15, 0.2) is 30.3 Å². The number of hydrogen-bond acceptors (Lipinski definition) is 4. The smallest absolute Gasteiger partial charge is 0.225 e. The number of halogens is 2. The highest BCUT2D eigenvalue weighted by Gasteiger charge is 2.18. The topological polar surface area (TPSA) is 55.4 Å². The van der Waals surface area contributed by atoms with E-state index in [2.05, 4.69) is 10.2 Å². The van der Waals surface area contributed by atoms with Crippen molar-refractivity contribution >= 4 is 51.6 Å². The molecule has 0 unspecified atom stereocenters. The maximum absolute atomic E-state index is 12.2. The molecular weight excluding hydrogens is 423 g/mol. The van der Waals surface area contributed by atoms with Gasteiger partial charge in [-0.25, -0.2) is 0 Å². The van der Waals surface area contributed by atoms with Crippen LogP contribution in [0.2, 0.25) is 10.0 Å². The van der Waals surface area contributed by atoms with Crippen molar-refractivity contribution in [3.63, 3.8) is 0 Å². The summed E-state index contributed by atoms with van der Waals surface area (Å²) in [7, 11) is 0. The van der Waals surface area contributed by atoms with Gasteiger partial charge in [-0.2, -0.15) is 0 Å². The molecule has 8 heteroatoms. The van der Waals surface area contributed by atoms with Crippen LogP contribution < -0.4 is 5.32 Å². The minimum atomic E-state index is -0.640. The molecule has 27 heavy (non-hydrogen) atoms. The molecule has 2 aromatic rings. The molecule has 1 N–H and O–H groups in total. The van der Waals surface area contributed by atoms with Gasteiger partial charge in [0.15, 0.2) is 0 Å². The summed E-state index contributed by atoms with van der Waals surface area (Å²) >= 11 is 13.4. The highest BCUT2D eigenvalue weighted by molar-refractivity contribution is 7.91. The van der Waals surface area contributed by atoms with Gasteiger partial charge in [0.2, 0.25) is 5.91 Å². The summed E-state index contributed by atoms with van der Waals surface area (Å²) in [6.45, 7) is 3.38. The Kier molecular flexibility index (Phi) is 7.87. The minimum absolute atomic E-state index is 0.0217. The second-order valence-corrected chi connectivity index (χ2v) is 10.1. The highest BCUT2D eigenvalue weighted by Crippen LogP contribution is 2.38. The van der Waals surface area contributed by atoms with Gasteiger partial charge in [0, 0.05) is 41.5 Å². The summed E-state index contributed by atoms with van der Waals surface area (Å²) in [5, 5.41) is 4.21. The number of thiophene rings is 1. The number of carbonyl (C=O) groups is 1. The maximum atomic E-state index is 12.2. The predicted octanol–water partition coefficient (Wildman–Crippen LogP) is 3.84. The van der Waals surface area contributed by atoms with Crippen molar-refractivity contribution in [3.05, 3.63) is 45.3 Å². The SMILES string of the molecule is O=C(Cc1ccc(-c2c(Cl)cccc2Cl)s1)NCCCN1CC[S+]([O-])CC1. The molecule has 1 fully saturated rings. The van der Waals surface area contributed by atoms with Crippen LogP contribution in [-0.4, -0.2) is 53.0 Å². The molecule has 0 aliphatic carbocycles. The fourth-order valence-electron chi connectivity index (χ4n) is 2.99. The van der Waals surface area contributed by atoms with Gasteiger partial charge >= 0.3 is 0 Å². The molecule has 3 rings (SSSR count). The zero-order chi connectivity index (χ0) is 19.2. The predicted molar refractivity (Wildman–Crippen MR) is 115 cm³/mol. The van der Waals surface area contributed by atoms with Gasteiger partial charge in [-0.05, 0) is 30.7 Å². The van der Waals surface area contributed by atoms with E-state index in [1.165, 1.54) is 11.3 Å². The summed E-state index contributed by atoms with van der Waals surface area (Å²) in [5.74, 6) is 1.55. The molecule has 1 amide bonds. The van der Waals surface area contributed by atoms with Gasteiger partial charge in [0.25, 0.3) is 0 Å². The number of hydrogen-bond donors (Lipinski definition) is 1. The molecule has 1 aliphatic heterocycles. The Balaban J connectivity index is 1.43. The number of carbonyl (C=O) groups excluding carboxylic acids is 1. The number of nitrogens with one attached hydrogen (secondary N) is 1.